The first-order valence-corrected chi connectivity index (χ1v) is 11.0. The number of piperidine rings is 1. The van der Waals surface area contributed by atoms with E-state index in [2.05, 4.69) is 21.2 Å². The zero-order chi connectivity index (χ0) is 22.4. The zero-order valence-corrected chi connectivity index (χ0v) is 18.6. The summed E-state index contributed by atoms with van der Waals surface area (Å²) in [5.41, 5.74) is 8.76. The molecule has 4 aromatic rings. The van der Waals surface area contributed by atoms with Gasteiger partial charge in [-0.2, -0.15) is 9.61 Å². The van der Waals surface area contributed by atoms with Crippen LogP contribution in [0.4, 0.5) is 11.6 Å². The number of rotatable bonds is 5. The number of nitrogens with zero attached hydrogens (tertiary/aromatic N) is 6. The Morgan fingerprint density at radius 3 is 2.94 bits per heavy atom. The molecule has 0 radical (unpaired) electrons. The van der Waals surface area contributed by atoms with Crippen LogP contribution in [-0.4, -0.2) is 56.1 Å². The number of H-pyrrole nitrogens is 1. The van der Waals surface area contributed by atoms with Gasteiger partial charge in [-0.05, 0) is 31.9 Å². The van der Waals surface area contributed by atoms with Crippen LogP contribution < -0.4 is 20.1 Å². The monoisotopic (exact) mass is 437 g/mol. The maximum Gasteiger partial charge on any atom is 0.223 e. The highest BCUT2D eigenvalue weighted by molar-refractivity contribution is 5.93. The van der Waals surface area contributed by atoms with Crippen molar-refractivity contribution in [3.8, 4) is 5.75 Å². The predicted molar refractivity (Wildman–Crippen MR) is 121 cm³/mol. The van der Waals surface area contributed by atoms with E-state index < -0.39 is 6.10 Å². The molecular formula is C22H29N8O2+. The summed E-state index contributed by atoms with van der Waals surface area (Å²) >= 11 is 0. The number of aliphatic hydroxyl groups is 1. The standard InChI is InChI=1S/C22H28N8O2/c1-13(14(2)31)29-12-16(10-24-29)28-8-4-5-15(11-28)20-26-21-18-7-6-17(32-3)9-19(18)25-22(23)30(21)27-20/h6-7,9-10,12-15,31H,4-5,8,11H2,1-3H3,(H2,23,25,26,27)/p+1/t13?,14?,15-/m1/s1. The van der Waals surface area contributed by atoms with Gasteiger partial charge in [-0.15, -0.1) is 9.78 Å². The molecule has 1 aromatic carbocycles. The summed E-state index contributed by atoms with van der Waals surface area (Å²) in [6.45, 7) is 5.57. The molecule has 1 saturated heterocycles. The van der Waals surface area contributed by atoms with Crippen LogP contribution in [0.3, 0.4) is 0 Å². The Morgan fingerprint density at radius 1 is 1.31 bits per heavy atom. The number of nitrogens with one attached hydrogen (secondary N) is 1. The van der Waals surface area contributed by atoms with Crippen molar-refractivity contribution in [2.75, 3.05) is 30.8 Å². The molecule has 32 heavy (non-hydrogen) atoms. The van der Waals surface area contributed by atoms with Crippen LogP contribution in [0.1, 0.15) is 44.5 Å². The van der Waals surface area contributed by atoms with Gasteiger partial charge in [0.1, 0.15) is 17.5 Å². The van der Waals surface area contributed by atoms with Crippen molar-refractivity contribution in [1.29, 1.82) is 0 Å². The van der Waals surface area contributed by atoms with E-state index in [0.717, 1.165) is 54.1 Å². The van der Waals surface area contributed by atoms with Crippen molar-refractivity contribution in [1.82, 2.24) is 24.7 Å². The van der Waals surface area contributed by atoms with Gasteiger partial charge in [-0.3, -0.25) is 0 Å². The minimum atomic E-state index is -0.434. The number of nitrogens with two attached hydrogens (primary N) is 1. The molecule has 4 N–H and O–H groups in total. The summed E-state index contributed by atoms with van der Waals surface area (Å²) in [7, 11) is 1.63. The number of hydrogen-bond acceptors (Lipinski definition) is 7. The molecular weight excluding hydrogens is 408 g/mol. The highest BCUT2D eigenvalue weighted by atomic mass is 16.5. The summed E-state index contributed by atoms with van der Waals surface area (Å²) in [4.78, 5) is 11.7. The Kier molecular flexibility index (Phi) is 5.09. The van der Waals surface area contributed by atoms with Crippen LogP contribution in [0.25, 0.3) is 16.6 Å². The first kappa shape index (κ1) is 20.5. The number of benzene rings is 1. The van der Waals surface area contributed by atoms with E-state index in [-0.39, 0.29) is 12.0 Å². The third-order valence-corrected chi connectivity index (χ3v) is 6.44. The molecule has 0 amide bonds. The first-order chi connectivity index (χ1) is 15.4. The molecule has 0 bridgehead atoms. The molecule has 3 atom stereocenters. The Hall–Kier alpha value is -3.40. The predicted octanol–water partition coefficient (Wildman–Crippen LogP) is 1.81. The van der Waals surface area contributed by atoms with E-state index in [9.17, 15) is 5.11 Å². The van der Waals surface area contributed by atoms with Crippen molar-refractivity contribution < 1.29 is 14.5 Å². The highest BCUT2D eigenvalue weighted by Crippen LogP contribution is 2.30. The number of hydrogen-bond donors (Lipinski definition) is 3. The number of methoxy groups -OCH3 is 1. The molecule has 168 valence electrons. The van der Waals surface area contributed by atoms with Crippen molar-refractivity contribution >= 4 is 28.2 Å². The number of anilines is 2. The van der Waals surface area contributed by atoms with Gasteiger partial charge in [0, 0.05) is 37.4 Å². The van der Waals surface area contributed by atoms with Crippen LogP contribution >= 0.6 is 0 Å². The number of nitrogen functional groups attached to an aromatic ring is 1. The van der Waals surface area contributed by atoms with Gasteiger partial charge in [0.2, 0.25) is 18.2 Å². The summed E-state index contributed by atoms with van der Waals surface area (Å²) in [6.07, 6.45) is 5.67. The van der Waals surface area contributed by atoms with Gasteiger partial charge < -0.3 is 20.5 Å². The maximum absolute atomic E-state index is 9.89. The largest absolute Gasteiger partial charge is 0.497 e. The normalized spacial score (nSPS) is 18.9. The first-order valence-electron chi connectivity index (χ1n) is 11.0. The van der Waals surface area contributed by atoms with Crippen LogP contribution in [0.15, 0.2) is 30.6 Å². The van der Waals surface area contributed by atoms with Crippen LogP contribution in [0.5, 0.6) is 5.75 Å². The Bertz CT molecular complexity index is 1260. The molecule has 1 aliphatic heterocycles. The van der Waals surface area contributed by atoms with Crippen molar-refractivity contribution in [2.24, 2.45) is 0 Å². The Balaban J connectivity index is 1.45. The van der Waals surface area contributed by atoms with Crippen molar-refractivity contribution in [3.05, 3.63) is 36.4 Å². The molecule has 3 aromatic heterocycles. The minimum absolute atomic E-state index is 0.0215. The summed E-state index contributed by atoms with van der Waals surface area (Å²) in [5, 5.41) is 18.7. The average molecular weight is 438 g/mol. The zero-order valence-electron chi connectivity index (χ0n) is 18.6. The molecule has 0 saturated carbocycles. The number of aromatic amines is 1. The van der Waals surface area contributed by atoms with Gasteiger partial charge in [0.25, 0.3) is 0 Å². The second-order valence-corrected chi connectivity index (χ2v) is 8.56. The van der Waals surface area contributed by atoms with Gasteiger partial charge in [0.05, 0.1) is 18.8 Å². The Labute approximate surface area is 185 Å². The highest BCUT2D eigenvalue weighted by Gasteiger charge is 2.29. The fourth-order valence-electron chi connectivity index (χ4n) is 4.35. The van der Waals surface area contributed by atoms with Gasteiger partial charge in [-0.1, -0.05) is 0 Å². The summed E-state index contributed by atoms with van der Waals surface area (Å²) < 4.78 is 8.89. The quantitative estimate of drug-likeness (QED) is 0.407. The van der Waals surface area contributed by atoms with Crippen LogP contribution in [-0.2, 0) is 0 Å². The Morgan fingerprint density at radius 2 is 2.16 bits per heavy atom. The molecule has 0 spiro atoms. The third kappa shape index (κ3) is 3.50. The number of fused-ring (bicyclic) bond motifs is 3. The second-order valence-electron chi connectivity index (χ2n) is 8.56. The molecule has 2 unspecified atom stereocenters. The maximum atomic E-state index is 9.89. The van der Waals surface area contributed by atoms with Crippen LogP contribution in [0, 0.1) is 0 Å². The molecule has 1 aliphatic rings. The van der Waals surface area contributed by atoms with E-state index in [0.29, 0.717) is 11.6 Å². The van der Waals surface area contributed by atoms with Crippen LogP contribution in [0.2, 0.25) is 0 Å². The van der Waals surface area contributed by atoms with Gasteiger partial charge in [0.15, 0.2) is 11.5 Å². The summed E-state index contributed by atoms with van der Waals surface area (Å²) in [6, 6.07) is 5.68. The van der Waals surface area contributed by atoms with E-state index >= 15 is 0 Å². The lowest BCUT2D eigenvalue weighted by Gasteiger charge is -2.31. The van der Waals surface area contributed by atoms with Gasteiger partial charge >= 0.3 is 0 Å². The smallest absolute Gasteiger partial charge is 0.223 e. The van der Waals surface area contributed by atoms with Gasteiger partial charge in [-0.25, -0.2) is 9.97 Å². The lowest BCUT2D eigenvalue weighted by Crippen LogP contribution is -2.44. The lowest BCUT2D eigenvalue weighted by molar-refractivity contribution is -0.776. The fourth-order valence-corrected chi connectivity index (χ4v) is 4.35. The second kappa shape index (κ2) is 7.94. The van der Waals surface area contributed by atoms with Crippen molar-refractivity contribution in [2.45, 2.75) is 44.8 Å². The average Bonchev–Trinajstić information content (AvgIpc) is 3.47. The third-order valence-electron chi connectivity index (χ3n) is 6.44. The topological polar surface area (TPSA) is 121 Å². The number of aromatic nitrogens is 6. The SMILES string of the molecule is COc1ccc2c(c1)nc(N)n1nc([C@@H]3CCCN(c4c[nH][n+](C(C)C(C)O)c4)C3)nc21. The molecule has 4 heterocycles. The molecule has 10 heteroatoms. The van der Waals surface area contributed by atoms with E-state index in [1.807, 2.05) is 36.0 Å². The minimum Gasteiger partial charge on any atom is -0.497 e. The van der Waals surface area contributed by atoms with E-state index in [4.69, 9.17) is 20.6 Å². The molecule has 5 rings (SSSR count). The number of aliphatic hydroxyl groups excluding tert-OH is 1. The molecule has 10 nitrogen and oxygen atoms in total. The van der Waals surface area contributed by atoms with E-state index in [1.165, 1.54) is 0 Å². The molecule has 1 fully saturated rings. The summed E-state index contributed by atoms with van der Waals surface area (Å²) in [5.74, 6) is 2.01. The molecule has 0 aliphatic carbocycles. The van der Waals surface area contributed by atoms with Crippen molar-refractivity contribution in [3.63, 3.8) is 0 Å². The number of ether oxygens (including phenoxy) is 1. The van der Waals surface area contributed by atoms with E-state index in [1.54, 1.807) is 18.5 Å². The fraction of sp³-hybridized carbons (Fsp3) is 0.455. The lowest BCUT2D eigenvalue weighted by atomic mass is 9.97.